The molecule has 3 nitrogen and oxygen atoms in total. The molecule has 0 amide bonds. The van der Waals surface area contributed by atoms with Crippen LogP contribution in [0.1, 0.15) is 28.4 Å². The molecular weight excluding hydrogens is 286 g/mol. The molecule has 1 fully saturated rings. The Morgan fingerprint density at radius 1 is 1.09 bits per heavy atom. The highest BCUT2D eigenvalue weighted by atomic mass is 16.5. The van der Waals surface area contributed by atoms with E-state index in [-0.39, 0.29) is 17.6 Å². The number of ketones is 1. The molecule has 0 aliphatic heterocycles. The maximum Gasteiger partial charge on any atom is 0.185 e. The number of Topliss-reactive ketones (excluding diaryl/α,β-unsaturated/α-hetero) is 1. The number of carbonyl (C=O) groups excluding carboxylic acids is 1. The minimum atomic E-state index is -0.00621. The summed E-state index contributed by atoms with van der Waals surface area (Å²) >= 11 is 0. The van der Waals surface area contributed by atoms with Crippen molar-refractivity contribution in [1.29, 1.82) is 0 Å². The maximum atomic E-state index is 13.0. The van der Waals surface area contributed by atoms with Crippen LogP contribution in [0.15, 0.2) is 60.8 Å². The normalized spacial score (nSPS) is 28.0. The van der Waals surface area contributed by atoms with Crippen molar-refractivity contribution in [3.63, 3.8) is 0 Å². The lowest BCUT2D eigenvalue weighted by Gasteiger charge is -2.27. The molecule has 1 heterocycles. The second-order valence-electron chi connectivity index (χ2n) is 6.35. The highest BCUT2D eigenvalue weighted by Gasteiger charge is 2.48. The van der Waals surface area contributed by atoms with Crippen LogP contribution in [0.25, 0.3) is 0 Å². The summed E-state index contributed by atoms with van der Waals surface area (Å²) < 4.78 is 5.25. The summed E-state index contributed by atoms with van der Waals surface area (Å²) in [6.07, 6.45) is 7.26. The summed E-state index contributed by atoms with van der Waals surface area (Å²) in [4.78, 5) is 17.3. The molecule has 2 aliphatic carbocycles. The lowest BCUT2D eigenvalue weighted by Crippen LogP contribution is -2.27. The number of allylic oxidation sites excluding steroid dienone is 2. The van der Waals surface area contributed by atoms with Crippen LogP contribution >= 0.6 is 0 Å². The van der Waals surface area contributed by atoms with Crippen LogP contribution < -0.4 is 4.74 Å². The average Bonchev–Trinajstić information content (AvgIpc) is 3.23. The summed E-state index contributed by atoms with van der Waals surface area (Å²) in [5.41, 5.74) is 1.80. The average molecular weight is 305 g/mol. The van der Waals surface area contributed by atoms with Gasteiger partial charge in [-0.25, -0.2) is 0 Å². The first kappa shape index (κ1) is 14.2. The highest BCUT2D eigenvalue weighted by Crippen LogP contribution is 2.53. The number of ether oxygens (including phenoxy) is 1. The zero-order valence-electron chi connectivity index (χ0n) is 13.1. The first-order valence-electron chi connectivity index (χ1n) is 8.05. The molecule has 2 unspecified atom stereocenters. The Bertz CT molecular complexity index is 736. The number of hydrogen-bond donors (Lipinski definition) is 0. The van der Waals surface area contributed by atoms with Gasteiger partial charge in [-0.15, -0.1) is 0 Å². The molecule has 0 spiro atoms. The lowest BCUT2D eigenvalue weighted by molar-refractivity contribution is 0.0881. The first-order chi connectivity index (χ1) is 11.3. The summed E-state index contributed by atoms with van der Waals surface area (Å²) in [5.74, 6) is 2.04. The molecule has 0 radical (unpaired) electrons. The fraction of sp³-hybridized carbons (Fsp3) is 0.300. The second-order valence-corrected chi connectivity index (χ2v) is 6.35. The molecule has 1 aromatic heterocycles. The molecule has 116 valence electrons. The van der Waals surface area contributed by atoms with Crippen LogP contribution in [0.4, 0.5) is 0 Å². The third-order valence-corrected chi connectivity index (χ3v) is 5.18. The number of aromatic nitrogens is 1. The summed E-state index contributed by atoms with van der Waals surface area (Å²) in [7, 11) is 1.67. The Morgan fingerprint density at radius 2 is 1.87 bits per heavy atom. The van der Waals surface area contributed by atoms with Crippen LogP contribution in [-0.4, -0.2) is 17.9 Å². The quantitative estimate of drug-likeness (QED) is 0.635. The van der Waals surface area contributed by atoms with Gasteiger partial charge in [-0.2, -0.15) is 0 Å². The lowest BCUT2D eigenvalue weighted by atomic mass is 9.75. The fourth-order valence-corrected chi connectivity index (χ4v) is 4.14. The van der Waals surface area contributed by atoms with E-state index in [0.29, 0.717) is 17.5 Å². The van der Waals surface area contributed by atoms with Gasteiger partial charge in [-0.3, -0.25) is 9.78 Å². The van der Waals surface area contributed by atoms with Gasteiger partial charge in [0.25, 0.3) is 0 Å². The molecule has 23 heavy (non-hydrogen) atoms. The second kappa shape index (κ2) is 5.65. The Morgan fingerprint density at radius 3 is 2.57 bits per heavy atom. The van der Waals surface area contributed by atoms with Gasteiger partial charge in [0.2, 0.25) is 0 Å². The van der Waals surface area contributed by atoms with Gasteiger partial charge in [-0.05, 0) is 48.1 Å². The largest absolute Gasteiger partial charge is 0.497 e. The molecule has 1 saturated carbocycles. The van der Waals surface area contributed by atoms with Crippen molar-refractivity contribution in [2.24, 2.45) is 17.8 Å². The SMILES string of the molecule is COc1ccc(C2C(C(=O)c3ccccn3)[C@H]3C=C[C@@H]2C3)cc1. The van der Waals surface area contributed by atoms with Gasteiger partial charge in [0.05, 0.1) is 7.11 Å². The van der Waals surface area contributed by atoms with E-state index < -0.39 is 0 Å². The van der Waals surface area contributed by atoms with Gasteiger partial charge < -0.3 is 4.74 Å². The van der Waals surface area contributed by atoms with Gasteiger partial charge in [-0.1, -0.05) is 30.4 Å². The third kappa shape index (κ3) is 2.37. The van der Waals surface area contributed by atoms with Crippen molar-refractivity contribution in [2.45, 2.75) is 12.3 Å². The van der Waals surface area contributed by atoms with Crippen molar-refractivity contribution in [1.82, 2.24) is 4.98 Å². The molecule has 4 rings (SSSR count). The molecule has 0 saturated heterocycles. The van der Waals surface area contributed by atoms with E-state index in [9.17, 15) is 4.79 Å². The third-order valence-electron chi connectivity index (χ3n) is 5.18. The first-order valence-corrected chi connectivity index (χ1v) is 8.05. The molecule has 4 atom stereocenters. The van der Waals surface area contributed by atoms with E-state index in [2.05, 4.69) is 29.3 Å². The van der Waals surface area contributed by atoms with Gasteiger partial charge in [0.15, 0.2) is 5.78 Å². The van der Waals surface area contributed by atoms with Crippen LogP contribution in [0.5, 0.6) is 5.75 Å². The van der Waals surface area contributed by atoms with Crippen molar-refractivity contribution < 1.29 is 9.53 Å². The number of rotatable bonds is 4. The summed E-state index contributed by atoms with van der Waals surface area (Å²) in [5, 5.41) is 0. The molecule has 3 heteroatoms. The summed E-state index contributed by atoms with van der Waals surface area (Å²) in [6.45, 7) is 0. The molecule has 2 aliphatic rings. The number of benzene rings is 1. The minimum Gasteiger partial charge on any atom is -0.497 e. The Balaban J connectivity index is 1.69. The Labute approximate surface area is 136 Å². The van der Waals surface area contributed by atoms with Gasteiger partial charge in [0, 0.05) is 18.0 Å². The van der Waals surface area contributed by atoms with Crippen LogP contribution in [-0.2, 0) is 0 Å². The van der Waals surface area contributed by atoms with Crippen molar-refractivity contribution in [2.75, 3.05) is 7.11 Å². The monoisotopic (exact) mass is 305 g/mol. The minimum absolute atomic E-state index is 0.00621. The molecular formula is C20H19NO2. The fourth-order valence-electron chi connectivity index (χ4n) is 4.14. The van der Waals surface area contributed by atoms with E-state index in [4.69, 9.17) is 4.74 Å². The number of carbonyl (C=O) groups is 1. The standard InChI is InChI=1S/C20H19NO2/c1-23-16-9-7-13(8-10-16)18-14-5-6-15(12-14)19(18)20(22)17-4-2-3-11-21-17/h2-11,14-15,18-19H,12H2,1H3/t14-,15+,18?,19?/m1/s1. The van der Waals surface area contributed by atoms with Crippen molar-refractivity contribution in [3.8, 4) is 5.75 Å². The van der Waals surface area contributed by atoms with Crippen molar-refractivity contribution >= 4 is 5.78 Å². The predicted octanol–water partition coefficient (Wildman–Crippen LogP) is 3.88. The number of nitrogens with zero attached hydrogens (tertiary/aromatic N) is 1. The predicted molar refractivity (Wildman–Crippen MR) is 88.5 cm³/mol. The van der Waals surface area contributed by atoms with Crippen LogP contribution in [0, 0.1) is 17.8 Å². The molecule has 1 aromatic carbocycles. The molecule has 0 N–H and O–H groups in total. The highest BCUT2D eigenvalue weighted by molar-refractivity contribution is 5.97. The van der Waals surface area contributed by atoms with Crippen LogP contribution in [0.2, 0.25) is 0 Å². The van der Waals surface area contributed by atoms with Gasteiger partial charge in [0.1, 0.15) is 11.4 Å². The van der Waals surface area contributed by atoms with E-state index in [1.807, 2.05) is 30.3 Å². The van der Waals surface area contributed by atoms with Crippen molar-refractivity contribution in [3.05, 3.63) is 72.1 Å². The Hall–Kier alpha value is -2.42. The smallest absolute Gasteiger partial charge is 0.185 e. The van der Waals surface area contributed by atoms with Crippen LogP contribution in [0.3, 0.4) is 0 Å². The Kier molecular flexibility index (Phi) is 3.49. The number of hydrogen-bond acceptors (Lipinski definition) is 3. The van der Waals surface area contributed by atoms with E-state index in [1.54, 1.807) is 13.3 Å². The zero-order chi connectivity index (χ0) is 15.8. The summed E-state index contributed by atoms with van der Waals surface area (Å²) in [6, 6.07) is 13.7. The molecule has 2 bridgehead atoms. The number of pyridine rings is 1. The maximum absolute atomic E-state index is 13.0. The van der Waals surface area contributed by atoms with E-state index in [1.165, 1.54) is 5.56 Å². The number of fused-ring (bicyclic) bond motifs is 2. The van der Waals surface area contributed by atoms with E-state index >= 15 is 0 Å². The number of methoxy groups -OCH3 is 1. The molecule has 2 aromatic rings. The topological polar surface area (TPSA) is 39.2 Å². The van der Waals surface area contributed by atoms with Gasteiger partial charge >= 0.3 is 0 Å². The van der Waals surface area contributed by atoms with E-state index in [0.717, 1.165) is 12.2 Å². The zero-order valence-corrected chi connectivity index (χ0v) is 13.1.